The van der Waals surface area contributed by atoms with Crippen molar-refractivity contribution in [3.8, 4) is 0 Å². The highest BCUT2D eigenvalue weighted by Gasteiger charge is 2.36. The van der Waals surface area contributed by atoms with Gasteiger partial charge in [-0.25, -0.2) is 8.42 Å². The Morgan fingerprint density at radius 3 is 2.33 bits per heavy atom. The van der Waals surface area contributed by atoms with E-state index in [1.165, 1.54) is 4.31 Å². The van der Waals surface area contributed by atoms with Crippen molar-refractivity contribution in [1.82, 2.24) is 4.31 Å². The molecule has 1 aromatic rings. The van der Waals surface area contributed by atoms with Crippen LogP contribution in [0.1, 0.15) is 31.4 Å². The molecule has 3 heterocycles. The Morgan fingerprint density at radius 1 is 1.04 bits per heavy atom. The maximum absolute atomic E-state index is 13.1. The summed E-state index contributed by atoms with van der Waals surface area (Å²) >= 11 is 0. The Morgan fingerprint density at radius 2 is 1.67 bits per heavy atom. The van der Waals surface area contributed by atoms with Crippen molar-refractivity contribution in [3.05, 3.63) is 23.3 Å². The Balaban J connectivity index is 1.74. The first-order valence-corrected chi connectivity index (χ1v) is 9.92. The van der Waals surface area contributed by atoms with Gasteiger partial charge in [0.15, 0.2) is 0 Å². The van der Waals surface area contributed by atoms with Crippen LogP contribution in [-0.2, 0) is 32.4 Å². The molecule has 6 nitrogen and oxygen atoms in total. The fraction of sp³-hybridized carbons (Fsp3) is 0.588. The number of anilines is 1. The van der Waals surface area contributed by atoms with Crippen molar-refractivity contribution in [2.75, 3.05) is 24.5 Å². The van der Waals surface area contributed by atoms with Crippen molar-refractivity contribution < 1.29 is 17.9 Å². The highest BCUT2D eigenvalue weighted by molar-refractivity contribution is 7.89. The number of aryl methyl sites for hydroxylation is 1. The third-order valence-electron chi connectivity index (χ3n) is 5.05. The lowest BCUT2D eigenvalue weighted by atomic mass is 10.00. The number of rotatable bonds is 2. The monoisotopic (exact) mass is 350 g/mol. The molecule has 24 heavy (non-hydrogen) atoms. The first-order valence-electron chi connectivity index (χ1n) is 8.48. The molecule has 4 rings (SSSR count). The molecule has 130 valence electrons. The summed E-state index contributed by atoms with van der Waals surface area (Å²) in [7, 11) is -3.54. The second-order valence-electron chi connectivity index (χ2n) is 6.96. The van der Waals surface area contributed by atoms with E-state index in [0.717, 1.165) is 23.2 Å². The quantitative estimate of drug-likeness (QED) is 0.807. The van der Waals surface area contributed by atoms with E-state index in [4.69, 9.17) is 4.74 Å². The molecule has 3 aliphatic rings. The Bertz CT molecular complexity index is 795. The van der Waals surface area contributed by atoms with Crippen LogP contribution in [0.15, 0.2) is 17.0 Å². The second-order valence-corrected chi connectivity index (χ2v) is 8.90. The molecule has 0 spiro atoms. The lowest BCUT2D eigenvalue weighted by Gasteiger charge is -2.34. The highest BCUT2D eigenvalue weighted by atomic mass is 32.2. The van der Waals surface area contributed by atoms with Gasteiger partial charge in [-0.15, -0.1) is 0 Å². The van der Waals surface area contributed by atoms with E-state index in [2.05, 4.69) is 0 Å². The van der Waals surface area contributed by atoms with Gasteiger partial charge in [-0.3, -0.25) is 4.79 Å². The average molecular weight is 350 g/mol. The first-order chi connectivity index (χ1) is 11.4. The SMILES string of the molecule is C[C@H]1CN(S(=O)(=O)c2cc3c4c(c2)CCN4C(=O)CC3)C[C@H](C)O1. The molecule has 3 aliphatic heterocycles. The Hall–Kier alpha value is -1.44. The van der Waals surface area contributed by atoms with Crippen molar-refractivity contribution in [3.63, 3.8) is 0 Å². The van der Waals surface area contributed by atoms with Gasteiger partial charge in [0.25, 0.3) is 0 Å². The van der Waals surface area contributed by atoms with Crippen molar-refractivity contribution in [2.24, 2.45) is 0 Å². The van der Waals surface area contributed by atoms with Crippen LogP contribution in [0.25, 0.3) is 0 Å². The zero-order valence-corrected chi connectivity index (χ0v) is 14.8. The summed E-state index contributed by atoms with van der Waals surface area (Å²) in [6.07, 6.45) is 1.60. The molecule has 7 heteroatoms. The molecule has 0 bridgehead atoms. The van der Waals surface area contributed by atoms with Crippen LogP contribution in [0.4, 0.5) is 5.69 Å². The average Bonchev–Trinajstić information content (AvgIpc) is 2.95. The third kappa shape index (κ3) is 2.46. The number of sulfonamides is 1. The van der Waals surface area contributed by atoms with Gasteiger partial charge < -0.3 is 9.64 Å². The predicted molar refractivity (Wildman–Crippen MR) is 89.6 cm³/mol. The zero-order valence-electron chi connectivity index (χ0n) is 14.0. The van der Waals surface area contributed by atoms with Crippen molar-refractivity contribution in [2.45, 2.75) is 50.2 Å². The van der Waals surface area contributed by atoms with Crippen molar-refractivity contribution in [1.29, 1.82) is 0 Å². The van der Waals surface area contributed by atoms with Gasteiger partial charge in [-0.1, -0.05) is 0 Å². The van der Waals surface area contributed by atoms with Gasteiger partial charge in [0.2, 0.25) is 15.9 Å². The minimum Gasteiger partial charge on any atom is -0.373 e. The normalized spacial score (nSPS) is 27.4. The molecular weight excluding hydrogens is 328 g/mol. The molecule has 1 amide bonds. The van der Waals surface area contributed by atoms with E-state index in [0.29, 0.717) is 37.4 Å². The van der Waals surface area contributed by atoms with E-state index in [1.54, 1.807) is 12.1 Å². The number of hydrogen-bond acceptors (Lipinski definition) is 4. The van der Waals surface area contributed by atoms with Crippen LogP contribution in [0.2, 0.25) is 0 Å². The molecule has 0 aliphatic carbocycles. The van der Waals surface area contributed by atoms with Crippen LogP contribution in [-0.4, -0.2) is 50.5 Å². The Labute approximate surface area is 142 Å². The fourth-order valence-corrected chi connectivity index (χ4v) is 5.74. The summed E-state index contributed by atoms with van der Waals surface area (Å²) < 4.78 is 33.4. The summed E-state index contributed by atoms with van der Waals surface area (Å²) in [5.74, 6) is 0.146. The maximum atomic E-state index is 13.1. The highest BCUT2D eigenvalue weighted by Crippen LogP contribution is 2.39. The summed E-state index contributed by atoms with van der Waals surface area (Å²) in [6, 6.07) is 3.53. The van der Waals surface area contributed by atoms with E-state index < -0.39 is 10.0 Å². The number of amides is 1. The molecule has 1 saturated heterocycles. The predicted octanol–water partition coefficient (Wildman–Crippen LogP) is 1.32. The van der Waals surface area contributed by atoms with Gasteiger partial charge in [0.1, 0.15) is 0 Å². The number of benzene rings is 1. The second kappa shape index (κ2) is 5.54. The minimum absolute atomic E-state index is 0.107. The van der Waals surface area contributed by atoms with Crippen LogP contribution >= 0.6 is 0 Å². The van der Waals surface area contributed by atoms with Crippen molar-refractivity contribution >= 4 is 21.6 Å². The number of carbonyl (C=O) groups is 1. The summed E-state index contributed by atoms with van der Waals surface area (Å²) in [5, 5.41) is 0. The number of hydrogen-bond donors (Lipinski definition) is 0. The molecule has 0 saturated carbocycles. The molecule has 2 atom stereocenters. The topological polar surface area (TPSA) is 66.9 Å². The summed E-state index contributed by atoms with van der Waals surface area (Å²) in [4.78, 5) is 14.2. The van der Waals surface area contributed by atoms with Gasteiger partial charge in [0.05, 0.1) is 22.8 Å². The fourth-order valence-electron chi connectivity index (χ4n) is 4.05. The van der Waals surface area contributed by atoms with Gasteiger partial charge in [0, 0.05) is 26.1 Å². The van der Waals surface area contributed by atoms with E-state index in [9.17, 15) is 13.2 Å². The molecule has 1 fully saturated rings. The lowest BCUT2D eigenvalue weighted by Crippen LogP contribution is -2.48. The lowest BCUT2D eigenvalue weighted by molar-refractivity contribution is -0.118. The summed E-state index contributed by atoms with van der Waals surface area (Å²) in [5.41, 5.74) is 2.92. The minimum atomic E-state index is -3.54. The third-order valence-corrected chi connectivity index (χ3v) is 6.86. The smallest absolute Gasteiger partial charge is 0.243 e. The zero-order chi connectivity index (χ0) is 17.1. The van der Waals surface area contributed by atoms with Crippen LogP contribution in [0, 0.1) is 0 Å². The number of ether oxygens (including phenoxy) is 1. The number of nitrogens with zero attached hydrogens (tertiary/aromatic N) is 2. The van der Waals surface area contributed by atoms with E-state index in [-0.39, 0.29) is 18.1 Å². The largest absolute Gasteiger partial charge is 0.373 e. The van der Waals surface area contributed by atoms with Gasteiger partial charge in [-0.2, -0.15) is 4.31 Å². The van der Waals surface area contributed by atoms with Gasteiger partial charge in [-0.05, 0) is 49.9 Å². The molecule has 0 unspecified atom stereocenters. The summed E-state index contributed by atoms with van der Waals surface area (Å²) in [6.45, 7) is 5.21. The maximum Gasteiger partial charge on any atom is 0.243 e. The van der Waals surface area contributed by atoms with Crippen LogP contribution in [0.3, 0.4) is 0 Å². The molecular formula is C17H22N2O4S. The number of morpholine rings is 1. The molecule has 0 aromatic heterocycles. The number of carbonyl (C=O) groups excluding carboxylic acids is 1. The Kier molecular flexibility index (Phi) is 3.71. The first kappa shape index (κ1) is 16.1. The standard InChI is InChI=1S/C17H22N2O4S/c1-11-9-18(10-12(2)23-11)24(21,22)15-7-13-3-4-16(20)19-6-5-14(8-15)17(13)19/h7-8,11-12H,3-6,9-10H2,1-2H3/t11-,12-/m0/s1. The van der Waals surface area contributed by atoms with E-state index >= 15 is 0 Å². The van der Waals surface area contributed by atoms with Gasteiger partial charge >= 0.3 is 0 Å². The van der Waals surface area contributed by atoms with E-state index in [1.807, 2.05) is 18.7 Å². The molecule has 0 radical (unpaired) electrons. The molecule has 0 N–H and O–H groups in total. The van der Waals surface area contributed by atoms with Crippen LogP contribution < -0.4 is 4.90 Å². The van der Waals surface area contributed by atoms with Crippen LogP contribution in [0.5, 0.6) is 0 Å². The molecule has 1 aromatic carbocycles.